The number of hydrogen-bond donors (Lipinski definition) is 2. The lowest BCUT2D eigenvalue weighted by Gasteiger charge is -2.01. The zero-order valence-corrected chi connectivity index (χ0v) is 11.9. The molecule has 0 aliphatic carbocycles. The molecular weight excluding hydrogens is 281 g/mol. The van der Waals surface area contributed by atoms with Crippen LogP contribution in [0.5, 0.6) is 0 Å². The van der Waals surface area contributed by atoms with Crippen molar-refractivity contribution in [3.63, 3.8) is 0 Å². The average molecular weight is 295 g/mol. The van der Waals surface area contributed by atoms with Gasteiger partial charge in [0.15, 0.2) is 11.5 Å². The predicted octanol–water partition coefficient (Wildman–Crippen LogP) is 4.52. The van der Waals surface area contributed by atoms with Gasteiger partial charge in [-0.25, -0.2) is 4.39 Å². The first kappa shape index (κ1) is 13.9. The number of H-pyrrole nitrogens is 1. The van der Waals surface area contributed by atoms with Crippen LogP contribution in [-0.2, 0) is 0 Å². The van der Waals surface area contributed by atoms with E-state index in [9.17, 15) is 4.39 Å². The van der Waals surface area contributed by atoms with Crippen molar-refractivity contribution in [1.82, 2.24) is 10.2 Å². The number of halogens is 1. The van der Waals surface area contributed by atoms with Gasteiger partial charge in [0.05, 0.1) is 11.4 Å². The van der Waals surface area contributed by atoms with Crippen LogP contribution in [0.25, 0.3) is 11.3 Å². The van der Waals surface area contributed by atoms with Gasteiger partial charge >= 0.3 is 0 Å². The molecule has 0 atom stereocenters. The van der Waals surface area contributed by atoms with Gasteiger partial charge in [-0.1, -0.05) is 29.8 Å². The number of aromatic nitrogens is 2. The van der Waals surface area contributed by atoms with Crippen molar-refractivity contribution in [2.24, 2.45) is 10.2 Å². The Morgan fingerprint density at radius 3 is 2.68 bits per heavy atom. The van der Waals surface area contributed by atoms with E-state index in [0.29, 0.717) is 17.1 Å². The SMILES string of the molecule is Cc1cccc(-c2[nH]nc(N)c2N=Nc2cccc(F)c2)c1. The first-order chi connectivity index (χ1) is 10.6. The molecule has 110 valence electrons. The molecule has 0 bridgehead atoms. The van der Waals surface area contributed by atoms with Gasteiger partial charge in [0.2, 0.25) is 0 Å². The van der Waals surface area contributed by atoms with Crippen molar-refractivity contribution in [3.8, 4) is 11.3 Å². The monoisotopic (exact) mass is 295 g/mol. The van der Waals surface area contributed by atoms with Gasteiger partial charge < -0.3 is 5.73 Å². The molecule has 0 aliphatic rings. The highest BCUT2D eigenvalue weighted by molar-refractivity contribution is 5.79. The van der Waals surface area contributed by atoms with Gasteiger partial charge in [0.25, 0.3) is 0 Å². The summed E-state index contributed by atoms with van der Waals surface area (Å²) in [7, 11) is 0. The Bertz CT molecular complexity index is 838. The quantitative estimate of drug-likeness (QED) is 0.696. The second-order valence-corrected chi connectivity index (χ2v) is 4.88. The third-order valence-electron chi connectivity index (χ3n) is 3.15. The lowest BCUT2D eigenvalue weighted by Crippen LogP contribution is -1.83. The lowest BCUT2D eigenvalue weighted by atomic mass is 10.1. The van der Waals surface area contributed by atoms with E-state index in [2.05, 4.69) is 20.4 Å². The smallest absolute Gasteiger partial charge is 0.173 e. The van der Waals surface area contributed by atoms with Crippen molar-refractivity contribution < 1.29 is 4.39 Å². The molecule has 3 rings (SSSR count). The summed E-state index contributed by atoms with van der Waals surface area (Å²) in [6, 6.07) is 13.7. The van der Waals surface area contributed by atoms with Gasteiger partial charge in [-0.3, -0.25) is 5.10 Å². The second kappa shape index (κ2) is 5.77. The normalized spacial score (nSPS) is 11.2. The minimum Gasteiger partial charge on any atom is -0.380 e. The highest BCUT2D eigenvalue weighted by atomic mass is 19.1. The summed E-state index contributed by atoms with van der Waals surface area (Å²) >= 11 is 0. The fourth-order valence-corrected chi connectivity index (χ4v) is 2.10. The number of aromatic amines is 1. The zero-order chi connectivity index (χ0) is 15.5. The number of hydrogen-bond acceptors (Lipinski definition) is 4. The minimum atomic E-state index is -0.365. The number of azo groups is 1. The number of nitrogen functional groups attached to an aromatic ring is 1. The molecule has 2 aromatic carbocycles. The molecule has 0 saturated carbocycles. The van der Waals surface area contributed by atoms with Crippen LogP contribution < -0.4 is 5.73 Å². The number of nitrogens with two attached hydrogens (primary N) is 1. The van der Waals surface area contributed by atoms with Crippen LogP contribution in [0.4, 0.5) is 21.6 Å². The summed E-state index contributed by atoms with van der Waals surface area (Å²) in [5.74, 6) is -0.118. The average Bonchev–Trinajstić information content (AvgIpc) is 2.86. The fourth-order valence-electron chi connectivity index (χ4n) is 2.10. The van der Waals surface area contributed by atoms with Crippen LogP contribution >= 0.6 is 0 Å². The third kappa shape index (κ3) is 2.85. The summed E-state index contributed by atoms with van der Waals surface area (Å²) in [5.41, 5.74) is 9.40. The molecule has 0 spiro atoms. The molecular formula is C16H14FN5. The Morgan fingerprint density at radius 2 is 1.91 bits per heavy atom. The van der Waals surface area contributed by atoms with Crippen LogP contribution in [0.15, 0.2) is 58.8 Å². The van der Waals surface area contributed by atoms with E-state index in [0.717, 1.165) is 11.1 Å². The fraction of sp³-hybridized carbons (Fsp3) is 0.0625. The van der Waals surface area contributed by atoms with Gasteiger partial charge in [-0.05, 0) is 25.1 Å². The van der Waals surface area contributed by atoms with Crippen LogP contribution in [0.2, 0.25) is 0 Å². The lowest BCUT2D eigenvalue weighted by molar-refractivity contribution is 0.628. The van der Waals surface area contributed by atoms with Gasteiger partial charge in [-0.2, -0.15) is 10.2 Å². The molecule has 0 amide bonds. The molecule has 0 aliphatic heterocycles. The Kier molecular flexibility index (Phi) is 3.65. The molecule has 6 heteroatoms. The molecule has 1 heterocycles. The van der Waals surface area contributed by atoms with Crippen LogP contribution in [0, 0.1) is 12.7 Å². The number of nitrogens with one attached hydrogen (secondary N) is 1. The van der Waals surface area contributed by atoms with Crippen molar-refractivity contribution in [2.75, 3.05) is 5.73 Å². The number of rotatable bonds is 3. The maximum absolute atomic E-state index is 13.2. The summed E-state index contributed by atoms with van der Waals surface area (Å²) in [6.07, 6.45) is 0. The van der Waals surface area contributed by atoms with E-state index in [1.54, 1.807) is 12.1 Å². The van der Waals surface area contributed by atoms with Crippen molar-refractivity contribution in [1.29, 1.82) is 0 Å². The Balaban J connectivity index is 1.99. The van der Waals surface area contributed by atoms with E-state index in [-0.39, 0.29) is 11.6 Å². The van der Waals surface area contributed by atoms with E-state index in [4.69, 9.17) is 5.73 Å². The zero-order valence-electron chi connectivity index (χ0n) is 11.9. The maximum Gasteiger partial charge on any atom is 0.173 e. The minimum absolute atomic E-state index is 0.247. The van der Waals surface area contributed by atoms with Crippen LogP contribution in [0.1, 0.15) is 5.56 Å². The van der Waals surface area contributed by atoms with Crippen molar-refractivity contribution >= 4 is 17.2 Å². The summed E-state index contributed by atoms with van der Waals surface area (Å²) in [5, 5.41) is 15.0. The highest BCUT2D eigenvalue weighted by Crippen LogP contribution is 2.34. The first-order valence-electron chi connectivity index (χ1n) is 6.71. The summed E-state index contributed by atoms with van der Waals surface area (Å²) in [4.78, 5) is 0. The molecule has 3 N–H and O–H groups in total. The van der Waals surface area contributed by atoms with Gasteiger partial charge in [0.1, 0.15) is 5.82 Å². The summed E-state index contributed by atoms with van der Waals surface area (Å²) < 4.78 is 13.2. The standard InChI is InChI=1S/C16H14FN5/c1-10-4-2-5-11(8-10)14-15(16(18)22-20-14)21-19-13-7-3-6-12(17)9-13/h2-9H,1H3,(H3,18,20,22). The summed E-state index contributed by atoms with van der Waals surface area (Å²) in [6.45, 7) is 2.00. The Morgan fingerprint density at radius 1 is 1.09 bits per heavy atom. The highest BCUT2D eigenvalue weighted by Gasteiger charge is 2.12. The largest absolute Gasteiger partial charge is 0.380 e. The molecule has 3 aromatic rings. The second-order valence-electron chi connectivity index (χ2n) is 4.88. The predicted molar refractivity (Wildman–Crippen MR) is 83.7 cm³/mol. The van der Waals surface area contributed by atoms with Crippen LogP contribution in [0.3, 0.4) is 0 Å². The van der Waals surface area contributed by atoms with E-state index >= 15 is 0 Å². The number of nitrogens with zero attached hydrogens (tertiary/aromatic N) is 3. The molecule has 5 nitrogen and oxygen atoms in total. The molecule has 0 unspecified atom stereocenters. The van der Waals surface area contributed by atoms with E-state index < -0.39 is 0 Å². The molecule has 0 radical (unpaired) electrons. The number of aryl methyl sites for hydroxylation is 1. The first-order valence-corrected chi connectivity index (χ1v) is 6.71. The van der Waals surface area contributed by atoms with Crippen molar-refractivity contribution in [3.05, 3.63) is 59.9 Å². The van der Waals surface area contributed by atoms with E-state index in [1.165, 1.54) is 12.1 Å². The number of anilines is 1. The maximum atomic E-state index is 13.2. The topological polar surface area (TPSA) is 79.4 Å². The van der Waals surface area contributed by atoms with Crippen LogP contribution in [-0.4, -0.2) is 10.2 Å². The third-order valence-corrected chi connectivity index (χ3v) is 3.15. The molecule has 22 heavy (non-hydrogen) atoms. The Labute approximate surface area is 126 Å². The Hall–Kier alpha value is -3.02. The molecule has 0 saturated heterocycles. The van der Waals surface area contributed by atoms with Gasteiger partial charge in [0, 0.05) is 11.6 Å². The van der Waals surface area contributed by atoms with E-state index in [1.807, 2.05) is 31.2 Å². The van der Waals surface area contributed by atoms with Crippen molar-refractivity contribution in [2.45, 2.75) is 6.92 Å². The molecule has 0 fully saturated rings. The number of benzene rings is 2. The van der Waals surface area contributed by atoms with Gasteiger partial charge in [-0.15, -0.1) is 5.11 Å². The molecule has 1 aromatic heterocycles.